The number of hydrogen-bond acceptors (Lipinski definition) is 10. The molecular weight excluding hydrogens is 453 g/mol. The fourth-order valence-corrected chi connectivity index (χ4v) is 4.23. The van der Waals surface area contributed by atoms with Crippen LogP contribution in [-0.4, -0.2) is 91.5 Å². The molecule has 3 unspecified atom stereocenters. The summed E-state index contributed by atoms with van der Waals surface area (Å²) in [6.45, 7) is 2.58. The van der Waals surface area contributed by atoms with Crippen molar-refractivity contribution in [2.24, 2.45) is 0 Å². The number of Topliss-reactive ketones (excluding diaryl/α,β-unsaturated/α-hetero) is 1. The summed E-state index contributed by atoms with van der Waals surface area (Å²) in [5.41, 5.74) is 0.311. The SMILES string of the molecule is CCOP(O)(=S)OC(O)C1O[C@@H](N(/C=C(/C)C(C)=O)C(C)=O)[C@H](OCCOC)[C@@H]1OC. The van der Waals surface area contributed by atoms with Gasteiger partial charge in [0.2, 0.25) is 5.91 Å². The summed E-state index contributed by atoms with van der Waals surface area (Å²) in [7, 11) is 2.87. The van der Waals surface area contributed by atoms with Crippen LogP contribution in [0.3, 0.4) is 0 Å². The molecule has 1 saturated heterocycles. The Labute approximate surface area is 187 Å². The van der Waals surface area contributed by atoms with Crippen molar-refractivity contribution in [1.29, 1.82) is 0 Å². The van der Waals surface area contributed by atoms with Crippen LogP contribution in [0.15, 0.2) is 11.8 Å². The molecule has 1 aliphatic heterocycles. The fourth-order valence-electron chi connectivity index (χ4n) is 2.86. The summed E-state index contributed by atoms with van der Waals surface area (Å²) in [5, 5.41) is 10.6. The van der Waals surface area contributed by atoms with E-state index in [9.17, 15) is 19.6 Å². The first kappa shape index (κ1) is 28.2. The Hall–Kier alpha value is -0.790. The molecule has 0 spiro atoms. The summed E-state index contributed by atoms with van der Waals surface area (Å²) in [5.74, 6) is -0.666. The molecule has 2 N–H and O–H groups in total. The molecule has 0 aromatic carbocycles. The van der Waals surface area contributed by atoms with Crippen LogP contribution in [0.25, 0.3) is 0 Å². The predicted molar refractivity (Wildman–Crippen MR) is 113 cm³/mol. The Balaban J connectivity index is 3.26. The van der Waals surface area contributed by atoms with Gasteiger partial charge in [0, 0.05) is 32.9 Å². The van der Waals surface area contributed by atoms with E-state index in [0.717, 1.165) is 0 Å². The van der Waals surface area contributed by atoms with Gasteiger partial charge in [-0.15, -0.1) is 0 Å². The zero-order valence-corrected chi connectivity index (χ0v) is 20.3. The second-order valence-electron chi connectivity index (χ2n) is 6.70. The van der Waals surface area contributed by atoms with Gasteiger partial charge in [0.15, 0.2) is 18.3 Å². The Bertz CT molecular complexity index is 690. The second kappa shape index (κ2) is 13.0. The maximum Gasteiger partial charge on any atom is 0.326 e. The predicted octanol–water partition coefficient (Wildman–Crippen LogP) is 0.688. The minimum absolute atomic E-state index is 0.0817. The first-order valence-electron chi connectivity index (χ1n) is 9.59. The topological polar surface area (TPSA) is 133 Å². The van der Waals surface area contributed by atoms with Crippen LogP contribution in [0, 0.1) is 0 Å². The van der Waals surface area contributed by atoms with E-state index in [0.29, 0.717) is 5.57 Å². The number of aliphatic hydroxyl groups excluding tert-OH is 1. The molecular formula is C18H32NO10PS. The number of hydrogen-bond donors (Lipinski definition) is 2. The largest absolute Gasteiger partial charge is 0.382 e. The lowest BCUT2D eigenvalue weighted by atomic mass is 10.1. The van der Waals surface area contributed by atoms with E-state index in [2.05, 4.69) is 0 Å². The van der Waals surface area contributed by atoms with Crippen LogP contribution in [0.5, 0.6) is 0 Å². The van der Waals surface area contributed by atoms with Gasteiger partial charge < -0.3 is 33.5 Å². The number of amides is 1. The van der Waals surface area contributed by atoms with Crippen molar-refractivity contribution in [3.8, 4) is 0 Å². The summed E-state index contributed by atoms with van der Waals surface area (Å²) >= 11 is 4.86. The van der Waals surface area contributed by atoms with Crippen LogP contribution in [0.1, 0.15) is 27.7 Å². The molecule has 1 aliphatic rings. The van der Waals surface area contributed by atoms with Crippen molar-refractivity contribution < 1.29 is 47.6 Å². The highest BCUT2D eigenvalue weighted by molar-refractivity contribution is 8.07. The Morgan fingerprint density at radius 1 is 1.23 bits per heavy atom. The smallest absolute Gasteiger partial charge is 0.326 e. The molecule has 11 nitrogen and oxygen atoms in total. The lowest BCUT2D eigenvalue weighted by molar-refractivity contribution is -0.172. The summed E-state index contributed by atoms with van der Waals surface area (Å²) in [6.07, 6.45) is -4.45. The van der Waals surface area contributed by atoms with E-state index < -0.39 is 43.5 Å². The van der Waals surface area contributed by atoms with Gasteiger partial charge in [0.05, 0.1) is 19.8 Å². The number of methoxy groups -OCH3 is 2. The molecule has 0 radical (unpaired) electrons. The normalized spacial score (nSPS) is 27.0. The number of carbonyl (C=O) groups is 2. The molecule has 6 atom stereocenters. The van der Waals surface area contributed by atoms with Crippen molar-refractivity contribution in [3.63, 3.8) is 0 Å². The van der Waals surface area contributed by atoms with Gasteiger partial charge in [-0.2, -0.15) is 0 Å². The van der Waals surface area contributed by atoms with Gasteiger partial charge in [-0.05, 0) is 32.6 Å². The molecule has 1 fully saturated rings. The number of carbonyl (C=O) groups excluding carboxylic acids is 2. The third kappa shape index (κ3) is 8.25. The molecule has 0 aromatic rings. The highest BCUT2D eigenvalue weighted by Gasteiger charge is 2.52. The second-order valence-corrected chi connectivity index (χ2v) is 9.49. The highest BCUT2D eigenvalue weighted by atomic mass is 32.5. The molecule has 0 saturated carbocycles. The van der Waals surface area contributed by atoms with E-state index >= 15 is 0 Å². The first-order chi connectivity index (χ1) is 14.5. The minimum Gasteiger partial charge on any atom is -0.382 e. The van der Waals surface area contributed by atoms with Gasteiger partial charge in [-0.1, -0.05) is 0 Å². The van der Waals surface area contributed by atoms with Crippen molar-refractivity contribution in [1.82, 2.24) is 4.90 Å². The van der Waals surface area contributed by atoms with Crippen LogP contribution >= 0.6 is 6.72 Å². The zero-order valence-electron chi connectivity index (χ0n) is 18.5. The Morgan fingerprint density at radius 3 is 2.35 bits per heavy atom. The van der Waals surface area contributed by atoms with E-state index in [1.165, 1.54) is 39.2 Å². The molecule has 1 rings (SSSR count). The standard InChI is InChI=1S/C18H32NO10PS/c1-7-27-30(23,31)29-18(22)16-14(25-6)15(26-9-8-24-5)17(28-16)19(13(4)21)10-11(2)12(3)20/h10,14-18,22H,7-9H2,1-6H3,(H,23,31)/b11-10-/t14-,15+,16?,17+,18?,30?/m0/s1. The number of nitrogens with zero attached hydrogens (tertiary/aromatic N) is 1. The summed E-state index contributed by atoms with van der Waals surface area (Å²) < 4.78 is 32.3. The third-order valence-electron chi connectivity index (χ3n) is 4.44. The average molecular weight is 485 g/mol. The molecule has 0 aromatic heterocycles. The zero-order chi connectivity index (χ0) is 23.8. The van der Waals surface area contributed by atoms with Crippen LogP contribution in [-0.2, 0) is 49.4 Å². The monoisotopic (exact) mass is 485 g/mol. The molecule has 13 heteroatoms. The van der Waals surface area contributed by atoms with Gasteiger partial charge in [0.25, 0.3) is 0 Å². The maximum absolute atomic E-state index is 12.4. The molecule has 0 aliphatic carbocycles. The van der Waals surface area contributed by atoms with Crippen molar-refractivity contribution in [3.05, 3.63) is 11.8 Å². The molecule has 1 heterocycles. The average Bonchev–Trinajstić information content (AvgIpc) is 3.03. The lowest BCUT2D eigenvalue weighted by Gasteiger charge is -2.30. The number of rotatable bonds is 13. The van der Waals surface area contributed by atoms with E-state index in [4.69, 9.17) is 39.8 Å². The van der Waals surface area contributed by atoms with Crippen molar-refractivity contribution in [2.45, 2.75) is 58.5 Å². The summed E-state index contributed by atoms with van der Waals surface area (Å²) in [4.78, 5) is 35.3. The third-order valence-corrected chi connectivity index (χ3v) is 6.08. The first-order valence-corrected chi connectivity index (χ1v) is 12.2. The fraction of sp³-hybridized carbons (Fsp3) is 0.778. The van der Waals surface area contributed by atoms with Crippen LogP contribution in [0.2, 0.25) is 0 Å². The van der Waals surface area contributed by atoms with Crippen LogP contribution < -0.4 is 0 Å². The number of aliphatic hydroxyl groups is 1. The van der Waals surface area contributed by atoms with Gasteiger partial charge in [-0.3, -0.25) is 19.0 Å². The molecule has 180 valence electrons. The van der Waals surface area contributed by atoms with Crippen LogP contribution in [0.4, 0.5) is 0 Å². The van der Waals surface area contributed by atoms with Gasteiger partial charge in [0.1, 0.15) is 18.3 Å². The van der Waals surface area contributed by atoms with Gasteiger partial charge in [-0.25, -0.2) is 0 Å². The molecule has 31 heavy (non-hydrogen) atoms. The van der Waals surface area contributed by atoms with Crippen molar-refractivity contribution in [2.75, 3.05) is 34.0 Å². The number of allylic oxidation sites excluding steroid dienone is 1. The van der Waals surface area contributed by atoms with E-state index in [-0.39, 0.29) is 25.6 Å². The number of ether oxygens (including phenoxy) is 4. The molecule has 1 amide bonds. The minimum atomic E-state index is -3.73. The van der Waals surface area contributed by atoms with Crippen molar-refractivity contribution >= 4 is 30.2 Å². The summed E-state index contributed by atoms with van der Waals surface area (Å²) in [6, 6.07) is 0. The highest BCUT2D eigenvalue weighted by Crippen LogP contribution is 2.46. The quantitative estimate of drug-likeness (QED) is 0.165. The molecule has 0 bridgehead atoms. The van der Waals surface area contributed by atoms with E-state index in [1.54, 1.807) is 13.8 Å². The lowest BCUT2D eigenvalue weighted by Crippen LogP contribution is -2.46. The Kier molecular flexibility index (Phi) is 11.9. The van der Waals surface area contributed by atoms with E-state index in [1.807, 2.05) is 0 Å². The Morgan fingerprint density at radius 2 is 1.87 bits per heavy atom. The maximum atomic E-state index is 12.4. The van der Waals surface area contributed by atoms with Gasteiger partial charge >= 0.3 is 6.72 Å². The number of ketones is 1.